The number of rotatable bonds is 6. The quantitative estimate of drug-likeness (QED) is 0.730. The summed E-state index contributed by atoms with van der Waals surface area (Å²) in [7, 11) is 3.58. The monoisotopic (exact) mass is 364 g/mol. The predicted molar refractivity (Wildman–Crippen MR) is 104 cm³/mol. The number of hydrogen-bond acceptors (Lipinski definition) is 4. The third-order valence-electron chi connectivity index (χ3n) is 4.51. The number of aryl methyl sites for hydroxylation is 2. The SMILES string of the molecule is Cc1nc(-c2cccc(C(=O)N(C)CC[C@@H](O)c3ccccc3)c2)n(C)n1. The van der Waals surface area contributed by atoms with Gasteiger partial charge in [-0.1, -0.05) is 42.5 Å². The van der Waals surface area contributed by atoms with Gasteiger partial charge in [-0.3, -0.25) is 4.79 Å². The molecule has 140 valence electrons. The van der Waals surface area contributed by atoms with Crippen molar-refractivity contribution in [3.05, 3.63) is 71.5 Å². The molecule has 1 aromatic heterocycles. The molecule has 6 heteroatoms. The molecule has 0 aliphatic heterocycles. The van der Waals surface area contributed by atoms with Crippen LogP contribution in [0.1, 0.15) is 34.3 Å². The summed E-state index contributed by atoms with van der Waals surface area (Å²) >= 11 is 0. The fourth-order valence-corrected chi connectivity index (χ4v) is 3.03. The minimum absolute atomic E-state index is 0.0870. The van der Waals surface area contributed by atoms with E-state index in [0.29, 0.717) is 24.4 Å². The number of aromatic nitrogens is 3. The van der Waals surface area contributed by atoms with E-state index in [1.165, 1.54) is 0 Å². The zero-order valence-electron chi connectivity index (χ0n) is 15.8. The lowest BCUT2D eigenvalue weighted by molar-refractivity contribution is 0.0761. The maximum absolute atomic E-state index is 12.8. The Bertz CT molecular complexity index is 921. The van der Waals surface area contributed by atoms with Crippen LogP contribution in [-0.4, -0.2) is 44.3 Å². The average Bonchev–Trinajstić information content (AvgIpc) is 3.04. The zero-order valence-corrected chi connectivity index (χ0v) is 15.8. The van der Waals surface area contributed by atoms with Gasteiger partial charge in [0.2, 0.25) is 0 Å². The van der Waals surface area contributed by atoms with Gasteiger partial charge < -0.3 is 10.0 Å². The summed E-state index contributed by atoms with van der Waals surface area (Å²) in [6.45, 7) is 2.30. The largest absolute Gasteiger partial charge is 0.388 e. The van der Waals surface area contributed by atoms with Crippen LogP contribution in [0.2, 0.25) is 0 Å². The second kappa shape index (κ2) is 8.14. The first-order valence-corrected chi connectivity index (χ1v) is 8.92. The molecule has 1 heterocycles. The predicted octanol–water partition coefficient (Wildman–Crippen LogP) is 2.99. The third kappa shape index (κ3) is 4.41. The lowest BCUT2D eigenvalue weighted by Gasteiger charge is -2.20. The van der Waals surface area contributed by atoms with E-state index in [4.69, 9.17) is 0 Å². The van der Waals surface area contributed by atoms with E-state index in [2.05, 4.69) is 10.1 Å². The van der Waals surface area contributed by atoms with Crippen LogP contribution in [0.4, 0.5) is 0 Å². The number of nitrogens with zero attached hydrogens (tertiary/aromatic N) is 4. The van der Waals surface area contributed by atoms with Crippen molar-refractivity contribution in [2.45, 2.75) is 19.4 Å². The lowest BCUT2D eigenvalue weighted by atomic mass is 10.1. The van der Waals surface area contributed by atoms with E-state index >= 15 is 0 Å². The molecule has 0 spiro atoms. The highest BCUT2D eigenvalue weighted by atomic mass is 16.3. The highest BCUT2D eigenvalue weighted by Crippen LogP contribution is 2.20. The molecule has 0 unspecified atom stereocenters. The molecule has 27 heavy (non-hydrogen) atoms. The molecule has 0 aliphatic rings. The van der Waals surface area contributed by atoms with Crippen LogP contribution in [0.25, 0.3) is 11.4 Å². The van der Waals surface area contributed by atoms with Crippen LogP contribution < -0.4 is 0 Å². The molecule has 0 aliphatic carbocycles. The Morgan fingerprint density at radius 1 is 1.19 bits per heavy atom. The third-order valence-corrected chi connectivity index (χ3v) is 4.51. The number of carbonyl (C=O) groups excluding carboxylic acids is 1. The Balaban J connectivity index is 1.68. The van der Waals surface area contributed by atoms with Gasteiger partial charge in [-0.2, -0.15) is 5.10 Å². The Kier molecular flexibility index (Phi) is 5.66. The van der Waals surface area contributed by atoms with Gasteiger partial charge in [-0.25, -0.2) is 9.67 Å². The van der Waals surface area contributed by atoms with Crippen LogP contribution in [0, 0.1) is 6.92 Å². The van der Waals surface area contributed by atoms with E-state index in [0.717, 1.165) is 17.0 Å². The van der Waals surface area contributed by atoms with Crippen molar-refractivity contribution < 1.29 is 9.90 Å². The van der Waals surface area contributed by atoms with Crippen LogP contribution >= 0.6 is 0 Å². The van der Waals surface area contributed by atoms with Crippen LogP contribution in [-0.2, 0) is 7.05 Å². The Labute approximate surface area is 159 Å². The normalized spacial score (nSPS) is 12.0. The molecule has 2 aromatic carbocycles. The summed E-state index contributed by atoms with van der Waals surface area (Å²) in [5.74, 6) is 1.33. The molecular weight excluding hydrogens is 340 g/mol. The molecule has 0 fully saturated rings. The minimum Gasteiger partial charge on any atom is -0.388 e. The molecule has 0 saturated heterocycles. The van der Waals surface area contributed by atoms with Crippen molar-refractivity contribution in [3.63, 3.8) is 0 Å². The van der Waals surface area contributed by atoms with Gasteiger partial charge in [0, 0.05) is 31.8 Å². The summed E-state index contributed by atoms with van der Waals surface area (Å²) in [4.78, 5) is 18.8. The van der Waals surface area contributed by atoms with Crippen LogP contribution in [0.3, 0.4) is 0 Å². The van der Waals surface area contributed by atoms with Gasteiger partial charge in [0.15, 0.2) is 5.82 Å². The van der Waals surface area contributed by atoms with Crippen molar-refractivity contribution in [2.24, 2.45) is 7.05 Å². The van der Waals surface area contributed by atoms with E-state index < -0.39 is 6.10 Å². The fraction of sp³-hybridized carbons (Fsp3) is 0.286. The number of aliphatic hydroxyl groups excluding tert-OH is 1. The van der Waals surface area contributed by atoms with Gasteiger partial charge in [-0.15, -0.1) is 0 Å². The fourth-order valence-electron chi connectivity index (χ4n) is 3.03. The van der Waals surface area contributed by atoms with Crippen molar-refractivity contribution in [1.29, 1.82) is 0 Å². The molecule has 1 N–H and O–H groups in total. The topological polar surface area (TPSA) is 71.2 Å². The molecule has 1 atom stereocenters. The molecule has 3 rings (SSSR count). The highest BCUT2D eigenvalue weighted by Gasteiger charge is 2.16. The Hall–Kier alpha value is -2.99. The number of carbonyl (C=O) groups is 1. The summed E-state index contributed by atoms with van der Waals surface area (Å²) in [5.41, 5.74) is 2.30. The number of hydrogen-bond donors (Lipinski definition) is 1. The maximum Gasteiger partial charge on any atom is 0.253 e. The summed E-state index contributed by atoms with van der Waals surface area (Å²) < 4.78 is 1.71. The molecule has 0 saturated carbocycles. The second-order valence-electron chi connectivity index (χ2n) is 6.63. The average molecular weight is 364 g/mol. The number of benzene rings is 2. The Morgan fingerprint density at radius 3 is 2.59 bits per heavy atom. The van der Waals surface area contributed by atoms with Gasteiger partial charge >= 0.3 is 0 Å². The van der Waals surface area contributed by atoms with E-state index in [9.17, 15) is 9.90 Å². The highest BCUT2D eigenvalue weighted by molar-refractivity contribution is 5.95. The number of amides is 1. The lowest BCUT2D eigenvalue weighted by Crippen LogP contribution is -2.28. The van der Waals surface area contributed by atoms with Crippen molar-refractivity contribution >= 4 is 5.91 Å². The standard InChI is InChI=1S/C21H24N4O2/c1-15-22-20(25(3)23-15)17-10-7-11-18(14-17)21(27)24(2)13-12-19(26)16-8-5-4-6-9-16/h4-11,14,19,26H,12-13H2,1-3H3/t19-/m1/s1. The van der Waals surface area contributed by atoms with Gasteiger partial charge in [0.1, 0.15) is 5.82 Å². The maximum atomic E-state index is 12.8. The van der Waals surface area contributed by atoms with Gasteiger partial charge in [-0.05, 0) is 31.0 Å². The summed E-state index contributed by atoms with van der Waals surface area (Å²) in [6, 6.07) is 16.9. The molecule has 6 nitrogen and oxygen atoms in total. The first-order chi connectivity index (χ1) is 13.0. The van der Waals surface area contributed by atoms with Gasteiger partial charge in [0.25, 0.3) is 5.91 Å². The van der Waals surface area contributed by atoms with Gasteiger partial charge in [0.05, 0.1) is 6.10 Å². The van der Waals surface area contributed by atoms with Crippen LogP contribution in [0.15, 0.2) is 54.6 Å². The second-order valence-corrected chi connectivity index (χ2v) is 6.63. The smallest absolute Gasteiger partial charge is 0.253 e. The molecular formula is C21H24N4O2. The minimum atomic E-state index is -0.589. The molecule has 0 bridgehead atoms. The first-order valence-electron chi connectivity index (χ1n) is 8.92. The summed E-state index contributed by atoms with van der Waals surface area (Å²) in [5, 5.41) is 14.5. The number of aliphatic hydroxyl groups is 1. The molecule has 0 radical (unpaired) electrons. The van der Waals surface area contributed by atoms with E-state index in [-0.39, 0.29) is 5.91 Å². The Morgan fingerprint density at radius 2 is 1.93 bits per heavy atom. The zero-order chi connectivity index (χ0) is 19.4. The van der Waals surface area contributed by atoms with E-state index in [1.54, 1.807) is 22.7 Å². The van der Waals surface area contributed by atoms with Crippen LogP contribution in [0.5, 0.6) is 0 Å². The van der Waals surface area contributed by atoms with Crippen molar-refractivity contribution in [1.82, 2.24) is 19.7 Å². The van der Waals surface area contributed by atoms with E-state index in [1.807, 2.05) is 62.5 Å². The van der Waals surface area contributed by atoms with Crippen molar-refractivity contribution in [2.75, 3.05) is 13.6 Å². The molecule has 3 aromatic rings. The van der Waals surface area contributed by atoms with Crippen molar-refractivity contribution in [3.8, 4) is 11.4 Å². The molecule has 1 amide bonds. The first kappa shape index (κ1) is 18.8. The summed E-state index contributed by atoms with van der Waals surface area (Å²) in [6.07, 6.45) is -0.108.